The molecule has 0 spiro atoms. The minimum atomic E-state index is -0.493. The van der Waals surface area contributed by atoms with E-state index in [9.17, 15) is 4.39 Å². The summed E-state index contributed by atoms with van der Waals surface area (Å²) in [5, 5.41) is 8.75. The first kappa shape index (κ1) is 9.88. The van der Waals surface area contributed by atoms with Crippen LogP contribution in [0.1, 0.15) is 11.6 Å². The Bertz CT molecular complexity index is 280. The number of benzene rings is 1. The Hall–Kier alpha value is -0.200. The topological polar surface area (TPSA) is 46.2 Å². The van der Waals surface area contributed by atoms with Crippen molar-refractivity contribution in [2.75, 3.05) is 6.61 Å². The van der Waals surface area contributed by atoms with Crippen LogP contribution in [-0.4, -0.2) is 11.7 Å². The molecule has 1 aromatic carbocycles. The van der Waals surface area contributed by atoms with Crippen LogP contribution in [0.25, 0.3) is 0 Å². The third-order valence-electron chi connectivity index (χ3n) is 1.55. The van der Waals surface area contributed by atoms with Gasteiger partial charge >= 0.3 is 0 Å². The molecule has 66 valence electrons. The Balaban J connectivity index is 3.04. The zero-order valence-electron chi connectivity index (χ0n) is 6.30. The molecular weight excluding hydrogens is 272 g/mol. The van der Waals surface area contributed by atoms with E-state index < -0.39 is 6.04 Å². The maximum Gasteiger partial charge on any atom is 0.123 e. The smallest absolute Gasteiger partial charge is 0.123 e. The molecule has 1 rings (SSSR count). The van der Waals surface area contributed by atoms with Crippen molar-refractivity contribution in [3.63, 3.8) is 0 Å². The van der Waals surface area contributed by atoms with E-state index in [-0.39, 0.29) is 12.4 Å². The molecule has 0 saturated heterocycles. The van der Waals surface area contributed by atoms with Gasteiger partial charge in [-0.05, 0) is 46.4 Å². The standard InChI is InChI=1S/C8H9FINO/c9-5-1-2-7(10)6(3-5)8(11)4-12/h1-3,8,12H,4,11H2. The van der Waals surface area contributed by atoms with Gasteiger partial charge < -0.3 is 10.8 Å². The Labute approximate surface area is 83.7 Å². The second-order valence-electron chi connectivity index (χ2n) is 2.45. The van der Waals surface area contributed by atoms with Crippen molar-refractivity contribution >= 4 is 22.6 Å². The SMILES string of the molecule is NC(CO)c1cc(F)ccc1I. The van der Waals surface area contributed by atoms with E-state index in [4.69, 9.17) is 10.8 Å². The quantitative estimate of drug-likeness (QED) is 0.805. The number of hydrogen-bond acceptors (Lipinski definition) is 2. The van der Waals surface area contributed by atoms with Gasteiger partial charge in [0.25, 0.3) is 0 Å². The molecular formula is C8H9FINO. The summed E-state index contributed by atoms with van der Waals surface area (Å²) in [6.45, 7) is -0.167. The highest BCUT2D eigenvalue weighted by atomic mass is 127. The van der Waals surface area contributed by atoms with Crippen LogP contribution in [0, 0.1) is 9.39 Å². The fourth-order valence-corrected chi connectivity index (χ4v) is 1.63. The lowest BCUT2D eigenvalue weighted by molar-refractivity contribution is 0.267. The Kier molecular flexibility index (Phi) is 3.42. The Morgan fingerprint density at radius 3 is 2.83 bits per heavy atom. The minimum Gasteiger partial charge on any atom is -0.394 e. The first-order valence-electron chi connectivity index (χ1n) is 3.46. The summed E-state index contributed by atoms with van der Waals surface area (Å²) in [4.78, 5) is 0. The molecule has 12 heavy (non-hydrogen) atoms. The van der Waals surface area contributed by atoms with Crippen LogP contribution < -0.4 is 5.73 Å². The number of halogens is 2. The van der Waals surface area contributed by atoms with E-state index in [1.165, 1.54) is 12.1 Å². The van der Waals surface area contributed by atoms with Gasteiger partial charge in [0.2, 0.25) is 0 Å². The molecule has 0 amide bonds. The average molecular weight is 281 g/mol. The second kappa shape index (κ2) is 4.15. The lowest BCUT2D eigenvalue weighted by atomic mass is 10.1. The molecule has 0 radical (unpaired) electrons. The second-order valence-corrected chi connectivity index (χ2v) is 3.62. The van der Waals surface area contributed by atoms with Gasteiger partial charge in [-0.25, -0.2) is 4.39 Å². The third-order valence-corrected chi connectivity index (χ3v) is 2.54. The van der Waals surface area contributed by atoms with Crippen molar-refractivity contribution in [1.82, 2.24) is 0 Å². The van der Waals surface area contributed by atoms with Gasteiger partial charge in [0.15, 0.2) is 0 Å². The van der Waals surface area contributed by atoms with Gasteiger partial charge in [-0.15, -0.1) is 0 Å². The van der Waals surface area contributed by atoms with E-state index in [1.807, 2.05) is 0 Å². The average Bonchev–Trinajstić information content (AvgIpc) is 2.08. The number of nitrogens with two attached hydrogens (primary N) is 1. The molecule has 0 aliphatic carbocycles. The summed E-state index contributed by atoms with van der Waals surface area (Å²) in [5.41, 5.74) is 6.19. The molecule has 1 unspecified atom stereocenters. The number of aliphatic hydroxyl groups is 1. The van der Waals surface area contributed by atoms with Crippen LogP contribution in [0.5, 0.6) is 0 Å². The van der Waals surface area contributed by atoms with Crippen LogP contribution in [0.3, 0.4) is 0 Å². The first-order valence-corrected chi connectivity index (χ1v) is 4.54. The lowest BCUT2D eigenvalue weighted by Crippen LogP contribution is -2.15. The highest BCUT2D eigenvalue weighted by Crippen LogP contribution is 2.18. The fourth-order valence-electron chi connectivity index (χ4n) is 0.897. The van der Waals surface area contributed by atoms with Crippen LogP contribution in [-0.2, 0) is 0 Å². The van der Waals surface area contributed by atoms with E-state index >= 15 is 0 Å². The lowest BCUT2D eigenvalue weighted by Gasteiger charge is -2.10. The third kappa shape index (κ3) is 2.15. The van der Waals surface area contributed by atoms with Crippen molar-refractivity contribution in [3.8, 4) is 0 Å². The van der Waals surface area contributed by atoms with Crippen molar-refractivity contribution in [2.24, 2.45) is 5.73 Å². The maximum absolute atomic E-state index is 12.7. The molecule has 0 fully saturated rings. The zero-order chi connectivity index (χ0) is 9.14. The van der Waals surface area contributed by atoms with Gasteiger partial charge in [-0.1, -0.05) is 0 Å². The van der Waals surface area contributed by atoms with Crippen LogP contribution >= 0.6 is 22.6 Å². The molecule has 1 aromatic rings. The zero-order valence-corrected chi connectivity index (χ0v) is 8.45. The molecule has 0 saturated carbocycles. The molecule has 1 atom stereocenters. The molecule has 3 N–H and O–H groups in total. The minimum absolute atomic E-state index is 0.167. The molecule has 4 heteroatoms. The van der Waals surface area contributed by atoms with E-state index in [1.54, 1.807) is 6.07 Å². The number of rotatable bonds is 2. The van der Waals surface area contributed by atoms with Gasteiger partial charge in [-0.3, -0.25) is 0 Å². The summed E-state index contributed by atoms with van der Waals surface area (Å²) in [5.74, 6) is -0.325. The Morgan fingerprint density at radius 2 is 2.25 bits per heavy atom. The molecule has 0 bridgehead atoms. The molecule has 2 nitrogen and oxygen atoms in total. The first-order chi connectivity index (χ1) is 5.65. The largest absolute Gasteiger partial charge is 0.394 e. The summed E-state index contributed by atoms with van der Waals surface area (Å²) in [6.07, 6.45) is 0. The van der Waals surface area contributed by atoms with Gasteiger partial charge in [0.1, 0.15) is 5.82 Å². The predicted octanol–water partition coefficient (Wildman–Crippen LogP) is 1.42. The highest BCUT2D eigenvalue weighted by molar-refractivity contribution is 14.1. The summed E-state index contributed by atoms with van der Waals surface area (Å²) < 4.78 is 13.6. The van der Waals surface area contributed by atoms with E-state index in [0.29, 0.717) is 5.56 Å². The van der Waals surface area contributed by atoms with Crippen LogP contribution in [0.4, 0.5) is 4.39 Å². The molecule has 0 aromatic heterocycles. The van der Waals surface area contributed by atoms with Crippen molar-refractivity contribution < 1.29 is 9.50 Å². The summed E-state index contributed by atoms with van der Waals surface area (Å²) >= 11 is 2.06. The summed E-state index contributed by atoms with van der Waals surface area (Å²) in [6, 6.07) is 3.87. The fraction of sp³-hybridized carbons (Fsp3) is 0.250. The van der Waals surface area contributed by atoms with E-state index in [2.05, 4.69) is 22.6 Å². The number of hydrogen-bond donors (Lipinski definition) is 2. The molecule has 0 heterocycles. The van der Waals surface area contributed by atoms with Gasteiger partial charge in [0.05, 0.1) is 12.6 Å². The van der Waals surface area contributed by atoms with Crippen molar-refractivity contribution in [2.45, 2.75) is 6.04 Å². The number of aliphatic hydroxyl groups excluding tert-OH is 1. The monoisotopic (exact) mass is 281 g/mol. The van der Waals surface area contributed by atoms with Crippen LogP contribution in [0.15, 0.2) is 18.2 Å². The Morgan fingerprint density at radius 1 is 1.58 bits per heavy atom. The predicted molar refractivity (Wildman–Crippen MR) is 53.1 cm³/mol. The maximum atomic E-state index is 12.7. The van der Waals surface area contributed by atoms with Crippen molar-refractivity contribution in [1.29, 1.82) is 0 Å². The van der Waals surface area contributed by atoms with Crippen LogP contribution in [0.2, 0.25) is 0 Å². The van der Waals surface area contributed by atoms with E-state index in [0.717, 1.165) is 3.57 Å². The van der Waals surface area contributed by atoms with Crippen molar-refractivity contribution in [3.05, 3.63) is 33.1 Å². The summed E-state index contributed by atoms with van der Waals surface area (Å²) in [7, 11) is 0. The molecule has 0 aliphatic rings. The van der Waals surface area contributed by atoms with Gasteiger partial charge in [0, 0.05) is 3.57 Å². The molecule has 0 aliphatic heterocycles. The van der Waals surface area contributed by atoms with Gasteiger partial charge in [-0.2, -0.15) is 0 Å². The normalized spacial score (nSPS) is 13.0. The highest BCUT2D eigenvalue weighted by Gasteiger charge is 2.08.